The molecule has 0 saturated heterocycles. The summed E-state index contributed by atoms with van der Waals surface area (Å²) in [4.78, 5) is 9.33. The lowest BCUT2D eigenvalue weighted by Gasteiger charge is -2.15. The Balaban J connectivity index is 2.13. The van der Waals surface area contributed by atoms with E-state index >= 15 is 0 Å². The van der Waals surface area contributed by atoms with Gasteiger partial charge in [0.05, 0.1) is 10.2 Å². The van der Waals surface area contributed by atoms with Crippen LogP contribution < -0.4 is 0 Å². The van der Waals surface area contributed by atoms with Crippen molar-refractivity contribution < 1.29 is 0 Å². The van der Waals surface area contributed by atoms with Crippen LogP contribution in [0.4, 0.5) is 0 Å². The molecule has 1 aliphatic rings. The quantitative estimate of drug-likeness (QED) is 0.625. The van der Waals surface area contributed by atoms with E-state index < -0.39 is 0 Å². The van der Waals surface area contributed by atoms with Gasteiger partial charge in [0.25, 0.3) is 0 Å². The van der Waals surface area contributed by atoms with Gasteiger partial charge >= 0.3 is 0 Å². The van der Waals surface area contributed by atoms with Crippen molar-refractivity contribution >= 4 is 27.5 Å². The Morgan fingerprint density at radius 3 is 2.57 bits per heavy atom. The van der Waals surface area contributed by atoms with Crippen LogP contribution in [0.1, 0.15) is 48.4 Å². The van der Waals surface area contributed by atoms with Crippen LogP contribution in [-0.2, 0) is 0 Å². The predicted molar refractivity (Wildman–Crippen MR) is 90.9 cm³/mol. The van der Waals surface area contributed by atoms with E-state index in [1.807, 2.05) is 6.07 Å². The van der Waals surface area contributed by atoms with E-state index in [0.717, 1.165) is 21.6 Å². The normalized spacial score (nSPS) is 15.6. The zero-order valence-corrected chi connectivity index (χ0v) is 14.6. The Morgan fingerprint density at radius 1 is 1.14 bits per heavy atom. The molecule has 1 heterocycles. The summed E-state index contributed by atoms with van der Waals surface area (Å²) in [6, 6.07) is 6.23. The Kier molecular flexibility index (Phi) is 4.32. The van der Waals surface area contributed by atoms with Crippen LogP contribution >= 0.6 is 27.5 Å². The Labute approximate surface area is 139 Å². The molecule has 4 heteroatoms. The van der Waals surface area contributed by atoms with Crippen molar-refractivity contribution in [3.63, 3.8) is 0 Å². The van der Waals surface area contributed by atoms with Gasteiger partial charge in [-0.3, -0.25) is 0 Å². The van der Waals surface area contributed by atoms with Crippen LogP contribution in [0, 0.1) is 13.8 Å². The number of aromatic nitrogens is 2. The molecule has 0 radical (unpaired) electrons. The summed E-state index contributed by atoms with van der Waals surface area (Å²) in [6.07, 6.45) is 4.94. The van der Waals surface area contributed by atoms with Gasteiger partial charge in [-0.05, 0) is 53.7 Å². The molecule has 0 N–H and O–H groups in total. The molecule has 0 amide bonds. The summed E-state index contributed by atoms with van der Waals surface area (Å²) in [5.41, 5.74) is 4.61. The molecule has 1 fully saturated rings. The molecule has 1 aromatic heterocycles. The van der Waals surface area contributed by atoms with Gasteiger partial charge in [0.15, 0.2) is 5.82 Å². The SMILES string of the molecule is Cc1cccc(-c2nc(Cl)c(Br)c(C3CCCC3)n2)c1C. The molecule has 0 unspecified atom stereocenters. The van der Waals surface area contributed by atoms with E-state index in [2.05, 4.69) is 46.9 Å². The minimum Gasteiger partial charge on any atom is -0.231 e. The first-order valence-corrected chi connectivity index (χ1v) is 8.54. The average molecular weight is 366 g/mol. The summed E-state index contributed by atoms with van der Waals surface area (Å²) in [6.45, 7) is 4.22. The second-order valence-electron chi connectivity index (χ2n) is 5.77. The van der Waals surface area contributed by atoms with E-state index in [1.165, 1.54) is 36.8 Å². The lowest BCUT2D eigenvalue weighted by molar-refractivity contribution is 0.690. The summed E-state index contributed by atoms with van der Waals surface area (Å²) in [5.74, 6) is 1.25. The van der Waals surface area contributed by atoms with Gasteiger partial charge in [-0.2, -0.15) is 0 Å². The minimum atomic E-state index is 0.503. The largest absolute Gasteiger partial charge is 0.231 e. The highest BCUT2D eigenvalue weighted by atomic mass is 79.9. The number of aryl methyl sites for hydroxylation is 1. The third kappa shape index (κ3) is 2.86. The van der Waals surface area contributed by atoms with Crippen molar-refractivity contribution in [1.29, 1.82) is 0 Å². The first kappa shape index (κ1) is 15.0. The van der Waals surface area contributed by atoms with E-state index in [1.54, 1.807) is 0 Å². The molecule has 1 aliphatic carbocycles. The molecule has 1 aromatic carbocycles. The van der Waals surface area contributed by atoms with Crippen molar-refractivity contribution in [2.45, 2.75) is 45.4 Å². The second-order valence-corrected chi connectivity index (χ2v) is 6.92. The fourth-order valence-corrected chi connectivity index (χ4v) is 3.70. The topological polar surface area (TPSA) is 25.8 Å². The summed E-state index contributed by atoms with van der Waals surface area (Å²) < 4.78 is 0.866. The fourth-order valence-electron chi connectivity index (χ4n) is 3.02. The molecule has 0 atom stereocenters. The molecular weight excluding hydrogens is 348 g/mol. The van der Waals surface area contributed by atoms with Crippen LogP contribution in [-0.4, -0.2) is 9.97 Å². The average Bonchev–Trinajstić information content (AvgIpc) is 2.99. The first-order chi connectivity index (χ1) is 10.1. The second kappa shape index (κ2) is 6.05. The van der Waals surface area contributed by atoms with Gasteiger partial charge in [-0.1, -0.05) is 42.6 Å². The first-order valence-electron chi connectivity index (χ1n) is 7.37. The maximum absolute atomic E-state index is 6.34. The molecular formula is C17H18BrClN2. The van der Waals surface area contributed by atoms with E-state index in [4.69, 9.17) is 16.6 Å². The number of benzene rings is 1. The third-order valence-corrected chi connectivity index (χ3v) is 5.71. The number of hydrogen-bond acceptors (Lipinski definition) is 2. The van der Waals surface area contributed by atoms with Gasteiger partial charge in [0.2, 0.25) is 0 Å². The Morgan fingerprint density at radius 2 is 1.86 bits per heavy atom. The lowest BCUT2D eigenvalue weighted by Crippen LogP contribution is -2.03. The Bertz CT molecular complexity index is 679. The molecule has 110 valence electrons. The lowest BCUT2D eigenvalue weighted by atomic mass is 10.0. The number of hydrogen-bond donors (Lipinski definition) is 0. The molecule has 0 aliphatic heterocycles. The molecule has 21 heavy (non-hydrogen) atoms. The monoisotopic (exact) mass is 364 g/mol. The number of nitrogens with zero attached hydrogens (tertiary/aromatic N) is 2. The van der Waals surface area contributed by atoms with Crippen molar-refractivity contribution in [2.75, 3.05) is 0 Å². The van der Waals surface area contributed by atoms with Crippen molar-refractivity contribution in [3.05, 3.63) is 44.6 Å². The number of halogens is 2. The van der Waals surface area contributed by atoms with Crippen LogP contribution in [0.15, 0.2) is 22.7 Å². The molecule has 0 spiro atoms. The van der Waals surface area contributed by atoms with Crippen molar-refractivity contribution in [3.8, 4) is 11.4 Å². The van der Waals surface area contributed by atoms with Crippen LogP contribution in [0.5, 0.6) is 0 Å². The molecule has 3 rings (SSSR count). The minimum absolute atomic E-state index is 0.503. The Hall–Kier alpha value is -0.930. The van der Waals surface area contributed by atoms with Crippen LogP contribution in [0.3, 0.4) is 0 Å². The van der Waals surface area contributed by atoms with Crippen LogP contribution in [0.2, 0.25) is 5.15 Å². The van der Waals surface area contributed by atoms with Gasteiger partial charge in [0, 0.05) is 11.5 Å². The predicted octanol–water partition coefficient (Wildman–Crippen LogP) is 5.83. The standard InChI is InChI=1S/C17H18BrClN2/c1-10-6-5-9-13(11(10)2)17-20-15(12-7-3-4-8-12)14(18)16(19)21-17/h5-6,9,12H,3-4,7-8H2,1-2H3. The van der Waals surface area contributed by atoms with Gasteiger partial charge in [-0.25, -0.2) is 9.97 Å². The fraction of sp³-hybridized carbons (Fsp3) is 0.412. The summed E-state index contributed by atoms with van der Waals surface area (Å²) in [7, 11) is 0. The highest BCUT2D eigenvalue weighted by molar-refractivity contribution is 9.10. The highest BCUT2D eigenvalue weighted by Gasteiger charge is 2.24. The van der Waals surface area contributed by atoms with E-state index in [-0.39, 0.29) is 0 Å². The van der Waals surface area contributed by atoms with Crippen molar-refractivity contribution in [2.24, 2.45) is 0 Å². The molecule has 2 nitrogen and oxygen atoms in total. The molecule has 0 bridgehead atoms. The highest BCUT2D eigenvalue weighted by Crippen LogP contribution is 2.39. The summed E-state index contributed by atoms with van der Waals surface area (Å²) in [5, 5.41) is 0.516. The van der Waals surface area contributed by atoms with Gasteiger partial charge in [0.1, 0.15) is 5.15 Å². The van der Waals surface area contributed by atoms with Gasteiger partial charge < -0.3 is 0 Å². The van der Waals surface area contributed by atoms with Crippen LogP contribution in [0.25, 0.3) is 11.4 Å². The summed E-state index contributed by atoms with van der Waals surface area (Å²) >= 11 is 9.91. The zero-order chi connectivity index (χ0) is 15.0. The van der Waals surface area contributed by atoms with E-state index in [0.29, 0.717) is 11.1 Å². The maximum Gasteiger partial charge on any atom is 0.161 e. The number of rotatable bonds is 2. The van der Waals surface area contributed by atoms with Gasteiger partial charge in [-0.15, -0.1) is 0 Å². The van der Waals surface area contributed by atoms with Crippen molar-refractivity contribution in [1.82, 2.24) is 9.97 Å². The molecule has 1 saturated carbocycles. The maximum atomic E-state index is 6.34. The zero-order valence-electron chi connectivity index (χ0n) is 12.3. The molecule has 2 aromatic rings. The van der Waals surface area contributed by atoms with E-state index in [9.17, 15) is 0 Å². The third-order valence-electron chi connectivity index (χ3n) is 4.42. The smallest absolute Gasteiger partial charge is 0.161 e.